The number of esters is 1. The Kier molecular flexibility index (Phi) is 5.62. The summed E-state index contributed by atoms with van der Waals surface area (Å²) >= 11 is 0. The molecule has 0 unspecified atom stereocenters. The number of rotatable bonds is 6. The zero-order valence-corrected chi connectivity index (χ0v) is 14.8. The molecular weight excluding hydrogens is 326 g/mol. The van der Waals surface area contributed by atoms with E-state index in [-0.39, 0.29) is 18.0 Å². The van der Waals surface area contributed by atoms with E-state index in [1.165, 1.54) is 10.4 Å². The summed E-state index contributed by atoms with van der Waals surface area (Å²) in [5.74, 6) is -0.469. The lowest BCUT2D eigenvalue weighted by molar-refractivity contribution is 0.0526. The molecular formula is C18H21NO4S. The predicted octanol–water partition coefficient (Wildman–Crippen LogP) is 3.39. The molecule has 2 rings (SSSR count). The summed E-state index contributed by atoms with van der Waals surface area (Å²) in [6, 6.07) is 13.1. The Morgan fingerprint density at radius 1 is 1.08 bits per heavy atom. The van der Waals surface area contributed by atoms with Gasteiger partial charge in [0.05, 0.1) is 22.8 Å². The summed E-state index contributed by atoms with van der Waals surface area (Å²) in [4.78, 5) is 12.1. The Labute approximate surface area is 142 Å². The van der Waals surface area contributed by atoms with Gasteiger partial charge in [0.25, 0.3) is 10.0 Å². The third-order valence-electron chi connectivity index (χ3n) is 3.54. The van der Waals surface area contributed by atoms with Gasteiger partial charge in [-0.05, 0) is 51.1 Å². The number of ether oxygens (including phenoxy) is 1. The van der Waals surface area contributed by atoms with Gasteiger partial charge in [0.15, 0.2) is 0 Å². The van der Waals surface area contributed by atoms with Crippen molar-refractivity contribution in [3.63, 3.8) is 0 Å². The molecule has 0 fully saturated rings. The number of carbonyl (C=O) groups excluding carboxylic acids is 1. The van der Waals surface area contributed by atoms with Gasteiger partial charge in [-0.25, -0.2) is 13.2 Å². The second kappa shape index (κ2) is 7.49. The topological polar surface area (TPSA) is 63.7 Å². The molecule has 0 radical (unpaired) electrons. The lowest BCUT2D eigenvalue weighted by Gasteiger charge is -2.23. The summed E-state index contributed by atoms with van der Waals surface area (Å²) in [6.45, 7) is 5.90. The fourth-order valence-corrected chi connectivity index (χ4v) is 3.80. The van der Waals surface area contributed by atoms with E-state index in [0.717, 1.165) is 5.56 Å². The molecule has 0 heterocycles. The Morgan fingerprint density at radius 2 is 1.75 bits per heavy atom. The first-order valence-electron chi connectivity index (χ1n) is 7.76. The van der Waals surface area contributed by atoms with Crippen LogP contribution in [-0.4, -0.2) is 27.5 Å². The minimum absolute atomic E-state index is 0.219. The lowest BCUT2D eigenvalue weighted by atomic mass is 10.2. The van der Waals surface area contributed by atoms with Gasteiger partial charge in [-0.3, -0.25) is 4.31 Å². The number of anilines is 1. The summed E-state index contributed by atoms with van der Waals surface area (Å²) in [5.41, 5.74) is 1.75. The van der Waals surface area contributed by atoms with Crippen molar-refractivity contribution in [2.24, 2.45) is 0 Å². The Balaban J connectivity index is 2.42. The summed E-state index contributed by atoms with van der Waals surface area (Å²) in [7, 11) is -3.69. The van der Waals surface area contributed by atoms with Crippen LogP contribution in [0.4, 0.5) is 5.69 Å². The normalized spacial score (nSPS) is 11.1. The van der Waals surface area contributed by atoms with Crippen LogP contribution < -0.4 is 4.31 Å². The molecule has 0 saturated heterocycles. The number of nitrogens with zero attached hydrogens (tertiary/aromatic N) is 1. The van der Waals surface area contributed by atoms with Gasteiger partial charge in [-0.1, -0.05) is 23.8 Å². The van der Waals surface area contributed by atoms with Gasteiger partial charge in [-0.2, -0.15) is 0 Å². The molecule has 0 aliphatic heterocycles. The van der Waals surface area contributed by atoms with Gasteiger partial charge in [0.1, 0.15) is 0 Å². The molecule has 0 spiro atoms. The molecule has 5 nitrogen and oxygen atoms in total. The predicted molar refractivity (Wildman–Crippen MR) is 93.8 cm³/mol. The van der Waals surface area contributed by atoms with Crippen LogP contribution in [0.25, 0.3) is 0 Å². The van der Waals surface area contributed by atoms with Crippen molar-refractivity contribution in [1.82, 2.24) is 0 Å². The zero-order chi connectivity index (χ0) is 17.7. The number of aryl methyl sites for hydroxylation is 1. The van der Waals surface area contributed by atoms with Crippen molar-refractivity contribution in [1.29, 1.82) is 0 Å². The molecule has 0 atom stereocenters. The highest BCUT2D eigenvalue weighted by Crippen LogP contribution is 2.25. The molecule has 0 bridgehead atoms. The first-order valence-corrected chi connectivity index (χ1v) is 9.20. The minimum Gasteiger partial charge on any atom is -0.462 e. The maximum absolute atomic E-state index is 12.9. The molecule has 2 aromatic carbocycles. The number of hydrogen-bond acceptors (Lipinski definition) is 4. The number of benzene rings is 2. The van der Waals surface area contributed by atoms with Crippen LogP contribution in [0.3, 0.4) is 0 Å². The fraction of sp³-hybridized carbons (Fsp3) is 0.278. The van der Waals surface area contributed by atoms with E-state index >= 15 is 0 Å². The highest BCUT2D eigenvalue weighted by atomic mass is 32.2. The standard InChI is InChI=1S/C18H21NO4S/c1-4-19(24(21,22)17-11-9-14(3)10-12-17)16-8-6-7-15(13-16)18(20)23-5-2/h6-13H,4-5H2,1-3H3. The third kappa shape index (κ3) is 3.76. The van der Waals surface area contributed by atoms with Crippen LogP contribution in [0, 0.1) is 6.92 Å². The van der Waals surface area contributed by atoms with E-state index in [2.05, 4.69) is 0 Å². The summed E-state index contributed by atoms with van der Waals surface area (Å²) in [5, 5.41) is 0. The van der Waals surface area contributed by atoms with Crippen LogP contribution in [0.1, 0.15) is 29.8 Å². The van der Waals surface area contributed by atoms with Crippen LogP contribution in [-0.2, 0) is 14.8 Å². The van der Waals surface area contributed by atoms with Gasteiger partial charge in [-0.15, -0.1) is 0 Å². The molecule has 0 aliphatic rings. The number of carbonyl (C=O) groups is 1. The maximum atomic E-state index is 12.9. The molecule has 0 amide bonds. The SMILES string of the molecule is CCOC(=O)c1cccc(N(CC)S(=O)(=O)c2ccc(C)cc2)c1. The monoisotopic (exact) mass is 347 g/mol. The summed E-state index contributed by atoms with van der Waals surface area (Å²) in [6.07, 6.45) is 0. The molecule has 24 heavy (non-hydrogen) atoms. The second-order valence-corrected chi connectivity index (χ2v) is 7.12. The van der Waals surface area contributed by atoms with Crippen molar-refractivity contribution in [3.05, 3.63) is 59.7 Å². The molecule has 0 N–H and O–H groups in total. The van der Waals surface area contributed by atoms with Crippen molar-refractivity contribution in [2.45, 2.75) is 25.7 Å². The maximum Gasteiger partial charge on any atom is 0.338 e. The molecule has 0 aliphatic carbocycles. The highest BCUT2D eigenvalue weighted by Gasteiger charge is 2.24. The average Bonchev–Trinajstić information content (AvgIpc) is 2.56. The quantitative estimate of drug-likeness (QED) is 0.752. The van der Waals surface area contributed by atoms with Crippen molar-refractivity contribution in [2.75, 3.05) is 17.5 Å². The van der Waals surface area contributed by atoms with E-state index in [9.17, 15) is 13.2 Å². The van der Waals surface area contributed by atoms with E-state index in [1.54, 1.807) is 56.3 Å². The van der Waals surface area contributed by atoms with Gasteiger partial charge >= 0.3 is 5.97 Å². The van der Waals surface area contributed by atoms with Crippen molar-refractivity contribution in [3.8, 4) is 0 Å². The second-order valence-electron chi connectivity index (χ2n) is 5.25. The van der Waals surface area contributed by atoms with Crippen LogP contribution in [0.5, 0.6) is 0 Å². The van der Waals surface area contributed by atoms with E-state index in [0.29, 0.717) is 11.3 Å². The van der Waals surface area contributed by atoms with Crippen LogP contribution >= 0.6 is 0 Å². The smallest absolute Gasteiger partial charge is 0.338 e. The van der Waals surface area contributed by atoms with Crippen LogP contribution in [0.2, 0.25) is 0 Å². The first kappa shape index (κ1) is 18.0. The van der Waals surface area contributed by atoms with Crippen molar-refractivity contribution >= 4 is 21.7 Å². The lowest BCUT2D eigenvalue weighted by Crippen LogP contribution is -2.31. The molecule has 0 aromatic heterocycles. The van der Waals surface area contributed by atoms with Gasteiger partial charge in [0, 0.05) is 6.54 Å². The summed E-state index contributed by atoms with van der Waals surface area (Å²) < 4.78 is 32.0. The number of hydrogen-bond donors (Lipinski definition) is 0. The van der Waals surface area contributed by atoms with E-state index in [4.69, 9.17) is 4.74 Å². The Hall–Kier alpha value is -2.34. The van der Waals surface area contributed by atoms with Gasteiger partial charge in [0.2, 0.25) is 0 Å². The van der Waals surface area contributed by atoms with E-state index in [1.807, 2.05) is 6.92 Å². The first-order chi connectivity index (χ1) is 11.4. The molecule has 2 aromatic rings. The number of sulfonamides is 1. The largest absolute Gasteiger partial charge is 0.462 e. The zero-order valence-electron chi connectivity index (χ0n) is 14.0. The fourth-order valence-electron chi connectivity index (χ4n) is 2.33. The van der Waals surface area contributed by atoms with Gasteiger partial charge < -0.3 is 4.74 Å². The van der Waals surface area contributed by atoms with Crippen molar-refractivity contribution < 1.29 is 17.9 Å². The molecule has 128 valence electrons. The average molecular weight is 347 g/mol. The Morgan fingerprint density at radius 3 is 2.33 bits per heavy atom. The Bertz CT molecular complexity index is 813. The van der Waals surface area contributed by atoms with E-state index < -0.39 is 16.0 Å². The molecule has 6 heteroatoms. The third-order valence-corrected chi connectivity index (χ3v) is 5.46. The highest BCUT2D eigenvalue weighted by molar-refractivity contribution is 7.92. The molecule has 0 saturated carbocycles. The minimum atomic E-state index is -3.69. The van der Waals surface area contributed by atoms with Crippen LogP contribution in [0.15, 0.2) is 53.4 Å².